The minimum atomic E-state index is -0.0831. The molecule has 0 unspecified atom stereocenters. The second kappa shape index (κ2) is 7.38. The van der Waals surface area contributed by atoms with Crippen molar-refractivity contribution in [2.75, 3.05) is 27.3 Å². The van der Waals surface area contributed by atoms with Gasteiger partial charge in [0, 0.05) is 18.5 Å². The predicted molar refractivity (Wildman–Crippen MR) is 86.8 cm³/mol. The van der Waals surface area contributed by atoms with Crippen molar-refractivity contribution < 1.29 is 14.3 Å². The summed E-state index contributed by atoms with van der Waals surface area (Å²) in [7, 11) is 3.27. The van der Waals surface area contributed by atoms with Gasteiger partial charge in [0.25, 0.3) is 0 Å². The molecule has 0 saturated heterocycles. The van der Waals surface area contributed by atoms with E-state index in [1.807, 2.05) is 12.1 Å². The van der Waals surface area contributed by atoms with E-state index in [4.69, 9.17) is 9.47 Å². The third-order valence-electron chi connectivity index (χ3n) is 4.25. The number of carbonyl (C=O) groups excluding carboxylic acids is 1. The SMILES string of the molecule is CCCCNC(=O)NCC1(c2ccc(OC)c(OC)c2)CC1. The van der Waals surface area contributed by atoms with Crippen LogP contribution in [0.3, 0.4) is 0 Å². The van der Waals surface area contributed by atoms with Crippen LogP contribution in [0.4, 0.5) is 4.79 Å². The molecule has 0 spiro atoms. The van der Waals surface area contributed by atoms with Gasteiger partial charge in [-0.1, -0.05) is 19.4 Å². The summed E-state index contributed by atoms with van der Waals surface area (Å²) in [5.41, 5.74) is 1.24. The quantitative estimate of drug-likeness (QED) is 0.726. The van der Waals surface area contributed by atoms with Crippen molar-refractivity contribution in [3.05, 3.63) is 23.8 Å². The normalized spacial score (nSPS) is 15.0. The zero-order valence-electron chi connectivity index (χ0n) is 13.7. The highest BCUT2D eigenvalue weighted by atomic mass is 16.5. The lowest BCUT2D eigenvalue weighted by molar-refractivity contribution is 0.239. The maximum Gasteiger partial charge on any atom is 0.314 e. The molecule has 22 heavy (non-hydrogen) atoms. The molecular formula is C17H26N2O3. The standard InChI is InChI=1S/C17H26N2O3/c1-4-5-10-18-16(20)19-12-17(8-9-17)13-6-7-14(21-2)15(11-13)22-3/h6-7,11H,4-5,8-10,12H2,1-3H3,(H2,18,19,20). The molecule has 2 N–H and O–H groups in total. The molecule has 0 atom stereocenters. The van der Waals surface area contributed by atoms with Crippen LogP contribution in [0, 0.1) is 0 Å². The van der Waals surface area contributed by atoms with Gasteiger partial charge in [-0.3, -0.25) is 0 Å². The second-order valence-corrected chi connectivity index (χ2v) is 5.81. The van der Waals surface area contributed by atoms with Gasteiger partial charge in [0.2, 0.25) is 0 Å². The molecule has 0 radical (unpaired) electrons. The fourth-order valence-electron chi connectivity index (χ4n) is 2.58. The van der Waals surface area contributed by atoms with Gasteiger partial charge in [0.05, 0.1) is 14.2 Å². The van der Waals surface area contributed by atoms with E-state index in [9.17, 15) is 4.79 Å². The number of benzene rings is 1. The Labute approximate surface area is 132 Å². The Hall–Kier alpha value is -1.91. The molecule has 1 aliphatic rings. The summed E-state index contributed by atoms with van der Waals surface area (Å²) in [6.45, 7) is 3.49. The molecule has 5 heteroatoms. The number of urea groups is 1. The van der Waals surface area contributed by atoms with Gasteiger partial charge >= 0.3 is 6.03 Å². The molecule has 0 aliphatic heterocycles. The van der Waals surface area contributed by atoms with Crippen molar-refractivity contribution in [2.45, 2.75) is 38.0 Å². The van der Waals surface area contributed by atoms with Gasteiger partial charge in [-0.25, -0.2) is 4.79 Å². The first kappa shape index (κ1) is 16.5. The smallest absolute Gasteiger partial charge is 0.314 e. The number of hydrogen-bond donors (Lipinski definition) is 2. The first-order valence-corrected chi connectivity index (χ1v) is 7.89. The molecule has 1 fully saturated rings. The number of carbonyl (C=O) groups is 1. The second-order valence-electron chi connectivity index (χ2n) is 5.81. The van der Waals surface area contributed by atoms with Crippen LogP contribution in [0.15, 0.2) is 18.2 Å². The fourth-order valence-corrected chi connectivity index (χ4v) is 2.58. The van der Waals surface area contributed by atoms with Gasteiger partial charge in [-0.15, -0.1) is 0 Å². The highest BCUT2D eigenvalue weighted by Crippen LogP contribution is 2.49. The summed E-state index contributed by atoms with van der Waals surface area (Å²) in [5.74, 6) is 1.46. The molecule has 0 aromatic heterocycles. The average Bonchev–Trinajstić information content (AvgIpc) is 3.33. The molecule has 2 amide bonds. The lowest BCUT2D eigenvalue weighted by Gasteiger charge is -2.18. The number of methoxy groups -OCH3 is 2. The molecule has 0 heterocycles. The van der Waals surface area contributed by atoms with Crippen LogP contribution >= 0.6 is 0 Å². The lowest BCUT2D eigenvalue weighted by atomic mass is 9.95. The van der Waals surface area contributed by atoms with Gasteiger partial charge in [0.1, 0.15) is 0 Å². The predicted octanol–water partition coefficient (Wildman–Crippen LogP) is 2.83. The molecule has 1 aliphatic carbocycles. The summed E-state index contributed by atoms with van der Waals surface area (Å²) >= 11 is 0. The first-order chi connectivity index (χ1) is 10.6. The maximum absolute atomic E-state index is 11.8. The van der Waals surface area contributed by atoms with Crippen molar-refractivity contribution in [3.8, 4) is 11.5 Å². The van der Waals surface area contributed by atoms with Crippen LogP contribution in [-0.2, 0) is 5.41 Å². The van der Waals surface area contributed by atoms with Crippen LogP contribution in [0.5, 0.6) is 11.5 Å². The molecule has 2 rings (SSSR count). The van der Waals surface area contributed by atoms with E-state index in [-0.39, 0.29) is 11.4 Å². The minimum Gasteiger partial charge on any atom is -0.493 e. The zero-order chi connectivity index (χ0) is 16.0. The van der Waals surface area contributed by atoms with E-state index in [1.54, 1.807) is 14.2 Å². The van der Waals surface area contributed by atoms with Crippen LogP contribution in [0.25, 0.3) is 0 Å². The zero-order valence-corrected chi connectivity index (χ0v) is 13.7. The van der Waals surface area contributed by atoms with E-state index in [0.29, 0.717) is 6.54 Å². The van der Waals surface area contributed by atoms with Crippen molar-refractivity contribution >= 4 is 6.03 Å². The highest BCUT2D eigenvalue weighted by Gasteiger charge is 2.44. The van der Waals surface area contributed by atoms with Gasteiger partial charge in [0.15, 0.2) is 11.5 Å². The molecule has 0 bridgehead atoms. The van der Waals surface area contributed by atoms with E-state index in [0.717, 1.165) is 43.7 Å². The van der Waals surface area contributed by atoms with Crippen molar-refractivity contribution in [3.63, 3.8) is 0 Å². The summed E-state index contributed by atoms with van der Waals surface area (Å²) in [4.78, 5) is 11.8. The van der Waals surface area contributed by atoms with Crippen molar-refractivity contribution in [1.29, 1.82) is 0 Å². The molecule has 1 aromatic rings. The molecule has 5 nitrogen and oxygen atoms in total. The number of nitrogens with one attached hydrogen (secondary N) is 2. The van der Waals surface area contributed by atoms with Gasteiger partial charge < -0.3 is 20.1 Å². The third kappa shape index (κ3) is 3.84. The number of rotatable bonds is 8. The Morgan fingerprint density at radius 2 is 1.91 bits per heavy atom. The van der Waals surface area contributed by atoms with Gasteiger partial charge in [-0.05, 0) is 37.0 Å². The summed E-state index contributed by atoms with van der Waals surface area (Å²) in [6, 6.07) is 5.92. The summed E-state index contributed by atoms with van der Waals surface area (Å²) < 4.78 is 10.6. The molecule has 1 saturated carbocycles. The van der Waals surface area contributed by atoms with Crippen LogP contribution < -0.4 is 20.1 Å². The van der Waals surface area contributed by atoms with Crippen LogP contribution in [0.2, 0.25) is 0 Å². The molecule has 122 valence electrons. The molecule has 1 aromatic carbocycles. The summed E-state index contributed by atoms with van der Waals surface area (Å²) in [6.07, 6.45) is 4.25. The van der Waals surface area contributed by atoms with Crippen molar-refractivity contribution in [1.82, 2.24) is 10.6 Å². The highest BCUT2D eigenvalue weighted by molar-refractivity contribution is 5.74. The largest absolute Gasteiger partial charge is 0.493 e. The molecular weight excluding hydrogens is 280 g/mol. The van der Waals surface area contributed by atoms with E-state index < -0.39 is 0 Å². The Morgan fingerprint density at radius 3 is 2.50 bits per heavy atom. The fraction of sp³-hybridized carbons (Fsp3) is 0.588. The Bertz CT molecular complexity index is 513. The average molecular weight is 306 g/mol. The van der Waals surface area contributed by atoms with Gasteiger partial charge in [-0.2, -0.15) is 0 Å². The van der Waals surface area contributed by atoms with E-state index in [1.165, 1.54) is 5.56 Å². The Balaban J connectivity index is 1.95. The van der Waals surface area contributed by atoms with Crippen molar-refractivity contribution in [2.24, 2.45) is 0 Å². The number of hydrogen-bond acceptors (Lipinski definition) is 3. The Morgan fingerprint density at radius 1 is 1.18 bits per heavy atom. The van der Waals surface area contributed by atoms with Crippen LogP contribution in [0.1, 0.15) is 38.2 Å². The monoisotopic (exact) mass is 306 g/mol. The maximum atomic E-state index is 11.8. The number of ether oxygens (including phenoxy) is 2. The van der Waals surface area contributed by atoms with E-state index in [2.05, 4.69) is 23.6 Å². The first-order valence-electron chi connectivity index (χ1n) is 7.89. The summed E-state index contributed by atoms with van der Waals surface area (Å²) in [5, 5.41) is 5.87. The Kier molecular flexibility index (Phi) is 5.52. The topological polar surface area (TPSA) is 59.6 Å². The number of unbranched alkanes of at least 4 members (excludes halogenated alkanes) is 1. The third-order valence-corrected chi connectivity index (χ3v) is 4.25. The van der Waals surface area contributed by atoms with Crippen LogP contribution in [-0.4, -0.2) is 33.3 Å². The lowest BCUT2D eigenvalue weighted by Crippen LogP contribution is -2.40. The number of amides is 2. The minimum absolute atomic E-state index is 0.0433. The van der Waals surface area contributed by atoms with E-state index >= 15 is 0 Å².